The van der Waals surface area contributed by atoms with E-state index in [-0.39, 0.29) is 6.61 Å². The minimum atomic E-state index is -0.959. The number of esters is 1. The Kier molecular flexibility index (Phi) is 3.62. The summed E-state index contributed by atoms with van der Waals surface area (Å²) in [4.78, 5) is 11.1. The molecule has 4 nitrogen and oxygen atoms in total. The van der Waals surface area contributed by atoms with Crippen LogP contribution < -0.4 is 0 Å². The molecule has 0 amide bonds. The molecule has 1 aromatic carbocycles. The molecule has 1 aromatic rings. The molecule has 0 aliphatic rings. The number of aliphatic hydroxyl groups is 2. The van der Waals surface area contributed by atoms with E-state index in [9.17, 15) is 9.90 Å². The van der Waals surface area contributed by atoms with Gasteiger partial charge >= 0.3 is 5.97 Å². The second-order valence-electron chi connectivity index (χ2n) is 2.82. The van der Waals surface area contributed by atoms with Gasteiger partial charge in [-0.3, -0.25) is 0 Å². The smallest absolute Gasteiger partial charge is 0.337 e. The standard InChI is InChI=1S/C10H12O4/c1-14-10(13)8-4-2-3-7(5-8)9(12)6-11/h2-5,9,11-12H,6H2,1H3. The fraction of sp³-hybridized carbons (Fsp3) is 0.300. The Morgan fingerprint density at radius 2 is 2.29 bits per heavy atom. The first-order valence-electron chi connectivity index (χ1n) is 4.16. The Morgan fingerprint density at radius 1 is 1.57 bits per heavy atom. The third-order valence-corrected chi connectivity index (χ3v) is 1.87. The quantitative estimate of drug-likeness (QED) is 0.691. The van der Waals surface area contributed by atoms with E-state index in [0.717, 1.165) is 0 Å². The summed E-state index contributed by atoms with van der Waals surface area (Å²) in [6, 6.07) is 6.33. The van der Waals surface area contributed by atoms with Crippen molar-refractivity contribution in [3.63, 3.8) is 0 Å². The zero-order valence-electron chi connectivity index (χ0n) is 7.80. The van der Waals surface area contributed by atoms with Crippen molar-refractivity contribution in [1.82, 2.24) is 0 Å². The molecule has 0 saturated heterocycles. The lowest BCUT2D eigenvalue weighted by Gasteiger charge is -2.08. The van der Waals surface area contributed by atoms with Crippen molar-refractivity contribution in [2.75, 3.05) is 13.7 Å². The van der Waals surface area contributed by atoms with E-state index in [2.05, 4.69) is 4.74 Å². The van der Waals surface area contributed by atoms with Gasteiger partial charge in [0.15, 0.2) is 0 Å². The van der Waals surface area contributed by atoms with Crippen LogP contribution in [0.15, 0.2) is 24.3 Å². The van der Waals surface area contributed by atoms with Crippen molar-refractivity contribution in [3.05, 3.63) is 35.4 Å². The largest absolute Gasteiger partial charge is 0.465 e. The number of carbonyl (C=O) groups is 1. The van der Waals surface area contributed by atoms with Crippen LogP contribution in [-0.2, 0) is 4.74 Å². The molecule has 0 aromatic heterocycles. The van der Waals surface area contributed by atoms with Gasteiger partial charge in [0.2, 0.25) is 0 Å². The van der Waals surface area contributed by atoms with Crippen LogP contribution in [0.2, 0.25) is 0 Å². The molecule has 1 rings (SSSR count). The Morgan fingerprint density at radius 3 is 2.86 bits per heavy atom. The summed E-state index contributed by atoms with van der Waals surface area (Å²) in [5, 5.41) is 18.0. The molecule has 0 spiro atoms. The second-order valence-corrected chi connectivity index (χ2v) is 2.82. The van der Waals surface area contributed by atoms with Crippen LogP contribution in [0.5, 0.6) is 0 Å². The van der Waals surface area contributed by atoms with Gasteiger partial charge in [0.25, 0.3) is 0 Å². The van der Waals surface area contributed by atoms with Gasteiger partial charge < -0.3 is 14.9 Å². The highest BCUT2D eigenvalue weighted by molar-refractivity contribution is 5.89. The zero-order chi connectivity index (χ0) is 10.6. The molecule has 0 aliphatic carbocycles. The maximum absolute atomic E-state index is 11.1. The molecule has 1 atom stereocenters. The molecule has 0 bridgehead atoms. The third-order valence-electron chi connectivity index (χ3n) is 1.87. The predicted octanol–water partition coefficient (Wildman–Crippen LogP) is 0.499. The molecule has 14 heavy (non-hydrogen) atoms. The van der Waals surface area contributed by atoms with E-state index in [4.69, 9.17) is 5.11 Å². The van der Waals surface area contributed by atoms with Gasteiger partial charge in [-0.2, -0.15) is 0 Å². The lowest BCUT2D eigenvalue weighted by atomic mass is 10.1. The fourth-order valence-electron chi connectivity index (χ4n) is 1.10. The molecule has 4 heteroatoms. The lowest BCUT2D eigenvalue weighted by molar-refractivity contribution is 0.0599. The Bertz CT molecular complexity index is 322. The SMILES string of the molecule is COC(=O)c1cccc(C(O)CO)c1. The summed E-state index contributed by atoms with van der Waals surface area (Å²) in [5.74, 6) is -0.461. The molecule has 1 unspecified atom stereocenters. The Balaban J connectivity index is 2.95. The Labute approximate surface area is 81.8 Å². The van der Waals surface area contributed by atoms with Crippen molar-refractivity contribution in [1.29, 1.82) is 0 Å². The first-order chi connectivity index (χ1) is 6.69. The number of hydrogen-bond acceptors (Lipinski definition) is 4. The third kappa shape index (κ3) is 2.31. The van der Waals surface area contributed by atoms with Crippen LogP contribution in [0.1, 0.15) is 22.0 Å². The van der Waals surface area contributed by atoms with Gasteiger partial charge in [0.1, 0.15) is 6.10 Å². The van der Waals surface area contributed by atoms with E-state index in [1.165, 1.54) is 13.2 Å². The van der Waals surface area contributed by atoms with Crippen LogP contribution in [0, 0.1) is 0 Å². The Hall–Kier alpha value is -1.39. The number of aliphatic hydroxyl groups excluding tert-OH is 2. The zero-order valence-corrected chi connectivity index (χ0v) is 7.80. The maximum atomic E-state index is 11.1. The van der Waals surface area contributed by atoms with E-state index in [1.54, 1.807) is 18.2 Å². The summed E-state index contributed by atoms with van der Waals surface area (Å²) >= 11 is 0. The number of hydrogen-bond donors (Lipinski definition) is 2. The van der Waals surface area contributed by atoms with Gasteiger partial charge in [-0.15, -0.1) is 0 Å². The molecule has 0 fully saturated rings. The predicted molar refractivity (Wildman–Crippen MR) is 49.8 cm³/mol. The number of carbonyl (C=O) groups excluding carboxylic acids is 1. The van der Waals surface area contributed by atoms with Crippen molar-refractivity contribution in [2.45, 2.75) is 6.10 Å². The lowest BCUT2D eigenvalue weighted by Crippen LogP contribution is -2.06. The molecule has 0 saturated carbocycles. The molecule has 2 N–H and O–H groups in total. The summed E-state index contributed by atoms with van der Waals surface area (Å²) in [6.07, 6.45) is -0.959. The number of methoxy groups -OCH3 is 1. The minimum Gasteiger partial charge on any atom is -0.465 e. The van der Waals surface area contributed by atoms with Gasteiger partial charge in [0.05, 0.1) is 19.3 Å². The normalized spacial score (nSPS) is 12.2. The summed E-state index contributed by atoms with van der Waals surface area (Å²) in [6.45, 7) is -0.370. The maximum Gasteiger partial charge on any atom is 0.337 e. The van der Waals surface area contributed by atoms with Crippen molar-refractivity contribution < 1.29 is 19.7 Å². The van der Waals surface area contributed by atoms with Crippen LogP contribution in [0.3, 0.4) is 0 Å². The molecule has 0 radical (unpaired) electrons. The average molecular weight is 196 g/mol. The van der Waals surface area contributed by atoms with Crippen LogP contribution in [0.25, 0.3) is 0 Å². The van der Waals surface area contributed by atoms with E-state index in [1.807, 2.05) is 0 Å². The van der Waals surface area contributed by atoms with Gasteiger partial charge in [-0.25, -0.2) is 4.79 Å². The fourth-order valence-corrected chi connectivity index (χ4v) is 1.10. The van der Waals surface area contributed by atoms with Crippen LogP contribution >= 0.6 is 0 Å². The second kappa shape index (κ2) is 4.74. The van der Waals surface area contributed by atoms with Gasteiger partial charge in [-0.05, 0) is 17.7 Å². The molecular weight excluding hydrogens is 184 g/mol. The number of ether oxygens (including phenoxy) is 1. The van der Waals surface area contributed by atoms with Crippen molar-refractivity contribution >= 4 is 5.97 Å². The highest BCUT2D eigenvalue weighted by Crippen LogP contribution is 2.14. The number of benzene rings is 1. The van der Waals surface area contributed by atoms with Crippen LogP contribution in [-0.4, -0.2) is 29.9 Å². The van der Waals surface area contributed by atoms with Crippen LogP contribution in [0.4, 0.5) is 0 Å². The molecule has 0 heterocycles. The highest BCUT2D eigenvalue weighted by atomic mass is 16.5. The van der Waals surface area contributed by atoms with E-state index < -0.39 is 12.1 Å². The first kappa shape index (κ1) is 10.7. The monoisotopic (exact) mass is 196 g/mol. The summed E-state index contributed by atoms with van der Waals surface area (Å²) in [7, 11) is 1.29. The van der Waals surface area contributed by atoms with E-state index in [0.29, 0.717) is 11.1 Å². The van der Waals surface area contributed by atoms with Gasteiger partial charge in [0, 0.05) is 0 Å². The molecule has 0 aliphatic heterocycles. The average Bonchev–Trinajstić information content (AvgIpc) is 2.27. The number of rotatable bonds is 3. The van der Waals surface area contributed by atoms with Crippen molar-refractivity contribution in [2.24, 2.45) is 0 Å². The minimum absolute atomic E-state index is 0.359. The summed E-state index contributed by atoms with van der Waals surface area (Å²) in [5.41, 5.74) is 0.855. The topological polar surface area (TPSA) is 66.8 Å². The highest BCUT2D eigenvalue weighted by Gasteiger charge is 2.09. The molecule has 76 valence electrons. The van der Waals surface area contributed by atoms with E-state index >= 15 is 0 Å². The molecular formula is C10H12O4. The summed E-state index contributed by atoms with van der Waals surface area (Å²) < 4.78 is 4.52. The first-order valence-corrected chi connectivity index (χ1v) is 4.16. The van der Waals surface area contributed by atoms with Crippen molar-refractivity contribution in [3.8, 4) is 0 Å². The van der Waals surface area contributed by atoms with Gasteiger partial charge in [-0.1, -0.05) is 12.1 Å².